The van der Waals surface area contributed by atoms with Crippen LogP contribution in [0.4, 0.5) is 11.4 Å². The molecule has 1 aromatic carbocycles. The van der Waals surface area contributed by atoms with Gasteiger partial charge in [-0.1, -0.05) is 0 Å². The van der Waals surface area contributed by atoms with Crippen LogP contribution in [-0.2, 0) is 9.53 Å². The normalized spacial score (nSPS) is 19.1. The van der Waals surface area contributed by atoms with Crippen LogP contribution < -0.4 is 10.6 Å². The van der Waals surface area contributed by atoms with E-state index in [2.05, 4.69) is 32.6 Å². The van der Waals surface area contributed by atoms with Gasteiger partial charge in [-0.3, -0.25) is 9.69 Å². The van der Waals surface area contributed by atoms with Crippen LogP contribution in [0, 0.1) is 11.3 Å². The Morgan fingerprint density at radius 1 is 1.14 bits per heavy atom. The Balaban J connectivity index is 0.000000370. The van der Waals surface area contributed by atoms with E-state index >= 15 is 0 Å². The van der Waals surface area contributed by atoms with Crippen LogP contribution >= 0.6 is 0 Å². The molecule has 0 unspecified atom stereocenters. The molecule has 2 aliphatic heterocycles. The summed E-state index contributed by atoms with van der Waals surface area (Å²) in [7, 11) is 2.20. The first-order valence-corrected chi connectivity index (χ1v) is 10.3. The van der Waals surface area contributed by atoms with Crippen LogP contribution in [0.1, 0.15) is 39.2 Å². The first-order valence-electron chi connectivity index (χ1n) is 10.3. The molecule has 0 aliphatic carbocycles. The van der Waals surface area contributed by atoms with Crippen molar-refractivity contribution in [1.29, 1.82) is 5.26 Å². The molecule has 2 aliphatic rings. The number of hydrogen-bond acceptors (Lipinski definition) is 7. The van der Waals surface area contributed by atoms with Crippen molar-refractivity contribution in [1.82, 2.24) is 9.80 Å². The van der Waals surface area contributed by atoms with Crippen LogP contribution in [0.15, 0.2) is 18.2 Å². The number of nitrogen functional groups attached to an aromatic ring is 1. The Kier molecular flexibility index (Phi) is 8.30. The molecule has 0 radical (unpaired) electrons. The van der Waals surface area contributed by atoms with E-state index < -0.39 is 0 Å². The van der Waals surface area contributed by atoms with Gasteiger partial charge in [0.2, 0.25) is 0 Å². The number of carbonyl (C=O) groups excluding carboxylic acids is 1. The van der Waals surface area contributed by atoms with Crippen LogP contribution in [0.3, 0.4) is 0 Å². The highest BCUT2D eigenvalue weighted by Gasteiger charge is 2.27. The zero-order valence-electron chi connectivity index (χ0n) is 18.2. The smallest absolute Gasteiger partial charge is 0.293 e. The molecule has 0 saturated carbocycles. The summed E-state index contributed by atoms with van der Waals surface area (Å²) >= 11 is 0. The summed E-state index contributed by atoms with van der Waals surface area (Å²) in [6.07, 6.45) is 2.36. The van der Waals surface area contributed by atoms with Gasteiger partial charge in [0.05, 0.1) is 11.3 Å². The predicted octanol–water partition coefficient (Wildman–Crippen LogP) is 2.31. The van der Waals surface area contributed by atoms with Crippen molar-refractivity contribution < 1.29 is 9.53 Å². The number of hydrogen-bond donors (Lipinski definition) is 1. The van der Waals surface area contributed by atoms with Gasteiger partial charge >= 0.3 is 0 Å². The number of ether oxygens (including phenoxy) is 1. The largest absolute Gasteiger partial charge is 0.462 e. The lowest BCUT2D eigenvalue weighted by atomic mass is 10.0. The van der Waals surface area contributed by atoms with Gasteiger partial charge in [0.15, 0.2) is 0 Å². The number of likely N-dealkylation sites (N-methyl/N-ethyl adjacent to an activating group) is 1. The van der Waals surface area contributed by atoms with Crippen LogP contribution in [0.5, 0.6) is 0 Å². The Morgan fingerprint density at radius 3 is 2.24 bits per heavy atom. The van der Waals surface area contributed by atoms with Gasteiger partial charge in [0, 0.05) is 51.0 Å². The Morgan fingerprint density at radius 2 is 1.76 bits per heavy atom. The molecular formula is C22H35N5O2. The molecule has 0 atom stereocenters. The summed E-state index contributed by atoms with van der Waals surface area (Å²) in [5.41, 5.74) is 7.85. The van der Waals surface area contributed by atoms with Crippen molar-refractivity contribution in [2.75, 3.05) is 56.9 Å². The number of piperazine rings is 1. The SMILES string of the molecule is CC(C)(C)OC=O.CN1CCN(C2CCN(c3ccc(N)cc3C#N)CC2)CC1. The van der Waals surface area contributed by atoms with Crippen LogP contribution in [0.2, 0.25) is 0 Å². The number of rotatable bonds is 3. The molecule has 2 heterocycles. The van der Waals surface area contributed by atoms with Gasteiger partial charge in [-0.25, -0.2) is 0 Å². The molecular weight excluding hydrogens is 366 g/mol. The van der Waals surface area contributed by atoms with Gasteiger partial charge in [0.25, 0.3) is 6.47 Å². The highest BCUT2D eigenvalue weighted by Crippen LogP contribution is 2.27. The monoisotopic (exact) mass is 401 g/mol. The molecule has 2 N–H and O–H groups in total. The van der Waals surface area contributed by atoms with Gasteiger partial charge in [0.1, 0.15) is 11.7 Å². The van der Waals surface area contributed by atoms with E-state index in [1.165, 1.54) is 39.0 Å². The first-order chi connectivity index (χ1) is 13.7. The molecule has 0 aromatic heterocycles. The Bertz CT molecular complexity index is 694. The van der Waals surface area contributed by atoms with Crippen molar-refractivity contribution in [2.45, 2.75) is 45.3 Å². The summed E-state index contributed by atoms with van der Waals surface area (Å²) in [5, 5.41) is 9.31. The summed E-state index contributed by atoms with van der Waals surface area (Å²) < 4.78 is 4.55. The molecule has 1 aromatic rings. The predicted molar refractivity (Wildman–Crippen MR) is 117 cm³/mol. The fourth-order valence-electron chi connectivity index (χ4n) is 3.72. The minimum absolute atomic E-state index is 0.318. The van der Waals surface area contributed by atoms with E-state index in [-0.39, 0.29) is 5.60 Å². The summed E-state index contributed by atoms with van der Waals surface area (Å²) in [4.78, 5) is 17.0. The molecule has 3 rings (SSSR count). The molecule has 0 spiro atoms. The minimum atomic E-state index is -0.318. The average molecular weight is 402 g/mol. The van der Waals surface area contributed by atoms with E-state index in [4.69, 9.17) is 5.73 Å². The number of anilines is 2. The second-order valence-corrected chi connectivity index (χ2v) is 8.77. The highest BCUT2D eigenvalue weighted by atomic mass is 16.5. The van der Waals surface area contributed by atoms with Gasteiger partial charge < -0.3 is 20.3 Å². The topological polar surface area (TPSA) is 85.8 Å². The number of carbonyl (C=O) groups is 1. The van der Waals surface area contributed by atoms with Crippen molar-refractivity contribution in [3.05, 3.63) is 23.8 Å². The highest BCUT2D eigenvalue weighted by molar-refractivity contribution is 5.64. The zero-order chi connectivity index (χ0) is 21.4. The van der Waals surface area contributed by atoms with E-state index in [1.54, 1.807) is 6.07 Å². The third kappa shape index (κ3) is 7.22. The number of nitriles is 1. The van der Waals surface area contributed by atoms with Gasteiger partial charge in [-0.2, -0.15) is 5.26 Å². The fourth-order valence-corrected chi connectivity index (χ4v) is 3.72. The van der Waals surface area contributed by atoms with Gasteiger partial charge in [-0.15, -0.1) is 0 Å². The van der Waals surface area contributed by atoms with Crippen molar-refractivity contribution >= 4 is 17.8 Å². The number of nitrogens with two attached hydrogens (primary N) is 1. The van der Waals surface area contributed by atoms with E-state index in [0.29, 0.717) is 23.8 Å². The Hall–Kier alpha value is -2.30. The second-order valence-electron chi connectivity index (χ2n) is 8.77. The standard InChI is InChI=1S/C17H25N5.C5H10O2/c1-20-8-10-21(11-9-20)16-4-6-22(7-5-16)17-3-2-15(19)12-14(17)13-18;1-5(2,3)7-4-6/h2-3,12,16H,4-11,19H2,1H3;4H,1-3H3. The number of piperidine rings is 1. The molecule has 160 valence electrons. The van der Waals surface area contributed by atoms with Crippen molar-refractivity contribution in [3.63, 3.8) is 0 Å². The lowest BCUT2D eigenvalue weighted by molar-refractivity contribution is -0.138. The zero-order valence-corrected chi connectivity index (χ0v) is 18.2. The molecule has 2 saturated heterocycles. The number of nitrogens with zero attached hydrogens (tertiary/aromatic N) is 4. The maximum absolute atomic E-state index is 9.60. The van der Waals surface area contributed by atoms with Crippen LogP contribution in [0.25, 0.3) is 0 Å². The summed E-state index contributed by atoms with van der Waals surface area (Å²) in [5.74, 6) is 0. The van der Waals surface area contributed by atoms with Crippen LogP contribution in [-0.4, -0.2) is 74.2 Å². The van der Waals surface area contributed by atoms with E-state index in [0.717, 1.165) is 18.8 Å². The van der Waals surface area contributed by atoms with E-state index in [9.17, 15) is 10.1 Å². The fraction of sp³-hybridized carbons (Fsp3) is 0.636. The first kappa shape index (κ1) is 23.0. The third-order valence-electron chi connectivity index (χ3n) is 5.40. The van der Waals surface area contributed by atoms with Crippen molar-refractivity contribution in [3.8, 4) is 6.07 Å². The summed E-state index contributed by atoms with van der Waals surface area (Å²) in [6, 6.07) is 8.64. The quantitative estimate of drug-likeness (QED) is 0.614. The third-order valence-corrected chi connectivity index (χ3v) is 5.40. The maximum atomic E-state index is 9.60. The summed E-state index contributed by atoms with van der Waals surface area (Å²) in [6.45, 7) is 12.7. The second kappa shape index (κ2) is 10.5. The number of benzene rings is 1. The van der Waals surface area contributed by atoms with E-state index in [1.807, 2.05) is 32.9 Å². The molecule has 0 amide bonds. The van der Waals surface area contributed by atoms with Gasteiger partial charge in [-0.05, 0) is 58.9 Å². The Labute approximate surface area is 175 Å². The minimum Gasteiger partial charge on any atom is -0.462 e. The average Bonchev–Trinajstić information content (AvgIpc) is 2.68. The molecule has 2 fully saturated rings. The molecule has 7 nitrogen and oxygen atoms in total. The molecule has 7 heteroatoms. The lowest BCUT2D eigenvalue weighted by Crippen LogP contribution is -2.52. The lowest BCUT2D eigenvalue weighted by Gasteiger charge is -2.42. The molecule has 29 heavy (non-hydrogen) atoms. The molecule has 0 bridgehead atoms. The van der Waals surface area contributed by atoms with Crippen molar-refractivity contribution in [2.24, 2.45) is 0 Å². The maximum Gasteiger partial charge on any atom is 0.293 e.